The van der Waals surface area contributed by atoms with Crippen LogP contribution in [0.3, 0.4) is 0 Å². The minimum absolute atomic E-state index is 0. The number of halogens is 4. The van der Waals surface area contributed by atoms with Gasteiger partial charge < -0.3 is 14.2 Å². The van der Waals surface area contributed by atoms with Crippen LogP contribution in [-0.2, 0) is 21.7 Å². The van der Waals surface area contributed by atoms with Crippen molar-refractivity contribution in [3.05, 3.63) is 217 Å². The van der Waals surface area contributed by atoms with E-state index in [0.717, 1.165) is 19.3 Å². The minimum Gasteiger partial charge on any atom is -0.382 e. The van der Waals surface area contributed by atoms with Crippen LogP contribution < -0.4 is 0 Å². The number of carbonyl (C=O) groups is 1. The summed E-state index contributed by atoms with van der Waals surface area (Å²) in [4.78, 5) is 12.1. The van der Waals surface area contributed by atoms with Crippen LogP contribution in [0.15, 0.2) is 164 Å². The van der Waals surface area contributed by atoms with Gasteiger partial charge in [0.1, 0.15) is 5.60 Å². The molecule has 9 heteroatoms. The standard InChI is InChI=1S/C13H16O2.2C10H6F2N.2C6H5.Ti/c14-12(11-7-3-1-4-8-11)13(15)9-5-2-6-10-13;2*11-8-3-4-10(9(12)7-8)13-5-1-2-6-13;2*1-2-4-6-5-3-1;/h1,3-4,7-8,15H,2,5-6,9-10H2;2*1-6H;2*1-5H;/q;4*-1;+4. The van der Waals surface area contributed by atoms with Crippen molar-refractivity contribution in [1.29, 1.82) is 0 Å². The maximum absolute atomic E-state index is 13.1. The van der Waals surface area contributed by atoms with Gasteiger partial charge >= 0.3 is 21.7 Å². The molecule has 2 heterocycles. The average molecular weight is 763 g/mol. The molecular weight excluding hydrogens is 724 g/mol. The Bertz CT molecular complexity index is 1860. The number of benzene rings is 5. The number of rotatable bonds is 4. The topological polar surface area (TPSA) is 47.2 Å². The van der Waals surface area contributed by atoms with Crippen molar-refractivity contribution in [1.82, 2.24) is 9.13 Å². The molecule has 2 aromatic heterocycles. The maximum atomic E-state index is 13.1. The molecule has 0 radical (unpaired) electrons. The van der Waals surface area contributed by atoms with Crippen LogP contribution in [0, 0.1) is 47.5 Å². The predicted molar refractivity (Wildman–Crippen MR) is 198 cm³/mol. The summed E-state index contributed by atoms with van der Waals surface area (Å²) in [6.45, 7) is 0. The van der Waals surface area contributed by atoms with Gasteiger partial charge in [0.05, 0.1) is 0 Å². The third-order valence-corrected chi connectivity index (χ3v) is 7.80. The second-order valence-electron chi connectivity index (χ2n) is 11.6. The van der Waals surface area contributed by atoms with E-state index in [0.29, 0.717) is 29.8 Å². The molecule has 1 aliphatic rings. The quantitative estimate of drug-likeness (QED) is 0.0840. The largest absolute Gasteiger partial charge is 4.00 e. The molecule has 5 aromatic carbocycles. The van der Waals surface area contributed by atoms with Crippen molar-refractivity contribution < 1.29 is 49.2 Å². The van der Waals surface area contributed by atoms with E-state index in [9.17, 15) is 27.5 Å². The Kier molecular flexibility index (Phi) is 18.7. The fourth-order valence-electron chi connectivity index (χ4n) is 5.17. The zero-order chi connectivity index (χ0) is 37.7. The van der Waals surface area contributed by atoms with E-state index in [2.05, 4.69) is 12.1 Å². The molecule has 0 unspecified atom stereocenters. The monoisotopic (exact) mass is 762 g/mol. The molecule has 0 amide bonds. The Morgan fingerprint density at radius 2 is 0.926 bits per heavy atom. The molecule has 54 heavy (non-hydrogen) atoms. The van der Waals surface area contributed by atoms with E-state index in [4.69, 9.17) is 0 Å². The summed E-state index contributed by atoms with van der Waals surface area (Å²) in [5.74, 6) is -2.85. The van der Waals surface area contributed by atoms with Crippen molar-refractivity contribution in [3.8, 4) is 11.4 Å². The zero-order valence-electron chi connectivity index (χ0n) is 29.4. The van der Waals surface area contributed by atoms with Crippen LogP contribution in [-0.4, -0.2) is 25.6 Å². The molecule has 1 aliphatic carbocycles. The van der Waals surface area contributed by atoms with Crippen LogP contribution in [0.4, 0.5) is 17.6 Å². The predicted octanol–water partition coefficient (Wildman–Crippen LogP) is 10.6. The molecule has 8 rings (SSSR count). The molecule has 0 saturated heterocycles. The first kappa shape index (κ1) is 43.1. The van der Waals surface area contributed by atoms with E-state index >= 15 is 0 Å². The molecule has 1 N–H and O–H groups in total. The zero-order valence-corrected chi connectivity index (χ0v) is 30.9. The number of carbonyl (C=O) groups excluding carboxylic acids is 1. The number of hydrogen-bond acceptors (Lipinski definition) is 2. The number of aromatic nitrogens is 2. The van der Waals surface area contributed by atoms with Crippen LogP contribution in [0.25, 0.3) is 11.4 Å². The number of nitrogens with zero attached hydrogens (tertiary/aromatic N) is 2. The number of ketones is 1. The fraction of sp³-hybridized carbons (Fsp3) is 0.133. The maximum Gasteiger partial charge on any atom is 4.00 e. The average Bonchev–Trinajstić information content (AvgIpc) is 3.94. The van der Waals surface area contributed by atoms with Crippen molar-refractivity contribution in [3.63, 3.8) is 0 Å². The molecule has 0 spiro atoms. The number of aliphatic hydroxyl groups is 1. The normalized spacial score (nSPS) is 12.2. The van der Waals surface area contributed by atoms with Gasteiger partial charge in [-0.15, -0.1) is 36.4 Å². The van der Waals surface area contributed by atoms with Crippen LogP contribution in [0.5, 0.6) is 0 Å². The Balaban J connectivity index is 0.000000188. The second kappa shape index (κ2) is 23.4. The molecule has 272 valence electrons. The summed E-state index contributed by atoms with van der Waals surface area (Å²) in [5, 5.41) is 10.2. The minimum atomic E-state index is -1.10. The van der Waals surface area contributed by atoms with E-state index in [1.54, 1.807) is 70.3 Å². The van der Waals surface area contributed by atoms with E-state index < -0.39 is 28.9 Å². The van der Waals surface area contributed by atoms with Gasteiger partial charge in [-0.2, -0.15) is 72.8 Å². The third-order valence-electron chi connectivity index (χ3n) is 7.80. The Labute approximate surface area is 329 Å². The van der Waals surface area contributed by atoms with Crippen molar-refractivity contribution in [2.75, 3.05) is 0 Å². The summed E-state index contributed by atoms with van der Waals surface area (Å²) in [5.41, 5.74) is 0.124. The van der Waals surface area contributed by atoms with Gasteiger partial charge in [0.2, 0.25) is 0 Å². The van der Waals surface area contributed by atoms with Gasteiger partial charge in [0, 0.05) is 28.8 Å². The molecular formula is C45H38F4N2O2Ti. The molecule has 0 aliphatic heterocycles. The Morgan fingerprint density at radius 3 is 1.26 bits per heavy atom. The van der Waals surface area contributed by atoms with Gasteiger partial charge in [-0.05, 0) is 73.3 Å². The van der Waals surface area contributed by atoms with Gasteiger partial charge in [-0.3, -0.25) is 4.79 Å². The van der Waals surface area contributed by atoms with Crippen molar-refractivity contribution >= 4 is 5.78 Å². The van der Waals surface area contributed by atoms with E-state index in [1.807, 2.05) is 91.0 Å². The van der Waals surface area contributed by atoms with Crippen LogP contribution in [0.1, 0.15) is 42.5 Å². The van der Waals surface area contributed by atoms with Gasteiger partial charge in [0.15, 0.2) is 5.78 Å². The molecule has 7 aromatic rings. The third kappa shape index (κ3) is 14.3. The van der Waals surface area contributed by atoms with Crippen molar-refractivity contribution in [2.24, 2.45) is 0 Å². The first-order valence-electron chi connectivity index (χ1n) is 16.9. The number of Topliss-reactive ketones (excluding diaryl/α,β-unsaturated/α-hetero) is 1. The van der Waals surface area contributed by atoms with Crippen LogP contribution >= 0.6 is 0 Å². The number of hydrogen-bond donors (Lipinski definition) is 1. The Hall–Kier alpha value is -5.28. The summed E-state index contributed by atoms with van der Waals surface area (Å²) >= 11 is 0. The van der Waals surface area contributed by atoms with Crippen LogP contribution in [0.2, 0.25) is 0 Å². The first-order chi connectivity index (χ1) is 25.8. The van der Waals surface area contributed by atoms with Gasteiger partial charge in [-0.1, -0.05) is 49.6 Å². The van der Waals surface area contributed by atoms with Crippen molar-refractivity contribution in [2.45, 2.75) is 37.7 Å². The second-order valence-corrected chi connectivity index (χ2v) is 11.6. The molecule has 1 saturated carbocycles. The summed E-state index contributed by atoms with van der Waals surface area (Å²) in [6.07, 6.45) is 11.0. The molecule has 0 bridgehead atoms. The smallest absolute Gasteiger partial charge is 0.382 e. The van der Waals surface area contributed by atoms with E-state index in [-0.39, 0.29) is 27.5 Å². The summed E-state index contributed by atoms with van der Waals surface area (Å²) in [6, 6.07) is 50.2. The Morgan fingerprint density at radius 1 is 0.537 bits per heavy atom. The van der Waals surface area contributed by atoms with Gasteiger partial charge in [0.25, 0.3) is 0 Å². The first-order valence-corrected chi connectivity index (χ1v) is 16.9. The fourth-order valence-corrected chi connectivity index (χ4v) is 5.17. The molecule has 1 fully saturated rings. The SMILES string of the molecule is Fc1[c-]c(F)c(-n2cccc2)cc1.Fc1[c-]c(F)c(-n2cccc2)cc1.O=C(c1ccccc1)C1(O)CCCCC1.[Ti+4].[c-]1ccccc1.[c-]1ccccc1. The van der Waals surface area contributed by atoms with E-state index in [1.165, 1.54) is 24.3 Å². The van der Waals surface area contributed by atoms with Gasteiger partial charge in [-0.25, -0.2) is 17.6 Å². The summed E-state index contributed by atoms with van der Waals surface area (Å²) < 4.78 is 54.3. The summed E-state index contributed by atoms with van der Waals surface area (Å²) in [7, 11) is 0. The molecule has 0 atom stereocenters. The molecule has 4 nitrogen and oxygen atoms in total.